The van der Waals surface area contributed by atoms with Gasteiger partial charge in [-0.05, 0) is 34.1 Å². The van der Waals surface area contributed by atoms with Crippen molar-refractivity contribution in [2.75, 3.05) is 12.1 Å². The van der Waals surface area contributed by atoms with Gasteiger partial charge in [-0.3, -0.25) is 0 Å². The maximum Gasteiger partial charge on any atom is 0.231 e. The van der Waals surface area contributed by atoms with Gasteiger partial charge >= 0.3 is 0 Å². The average Bonchev–Trinajstić information content (AvgIpc) is 2.86. The third-order valence-electron chi connectivity index (χ3n) is 2.82. The summed E-state index contributed by atoms with van der Waals surface area (Å²) in [6, 6.07) is 14.0. The Morgan fingerprint density at radius 1 is 1.06 bits per heavy atom. The highest BCUT2D eigenvalue weighted by Gasteiger charge is 2.16. The lowest BCUT2D eigenvalue weighted by atomic mass is 10.2. The first-order valence-corrected chi connectivity index (χ1v) is 6.50. The molecule has 0 saturated carbocycles. The van der Waals surface area contributed by atoms with Crippen LogP contribution in [0.4, 0.5) is 5.69 Å². The van der Waals surface area contributed by atoms with Crippen molar-refractivity contribution in [1.29, 1.82) is 0 Å². The highest BCUT2D eigenvalue weighted by atomic mass is 79.9. The molecule has 0 radical (unpaired) electrons. The quantitative estimate of drug-likeness (QED) is 0.936. The molecule has 1 aliphatic heterocycles. The molecule has 0 bridgehead atoms. The fourth-order valence-electron chi connectivity index (χ4n) is 1.92. The Balaban J connectivity index is 1.78. The van der Waals surface area contributed by atoms with Crippen molar-refractivity contribution in [3.8, 4) is 11.5 Å². The summed E-state index contributed by atoms with van der Waals surface area (Å²) in [7, 11) is 0. The van der Waals surface area contributed by atoms with Crippen LogP contribution in [0.25, 0.3) is 0 Å². The molecule has 4 heteroatoms. The first-order valence-electron chi connectivity index (χ1n) is 5.70. The van der Waals surface area contributed by atoms with E-state index in [0.29, 0.717) is 13.3 Å². The van der Waals surface area contributed by atoms with Gasteiger partial charge in [0.1, 0.15) is 0 Å². The van der Waals surface area contributed by atoms with Gasteiger partial charge in [-0.15, -0.1) is 0 Å². The fraction of sp³-hybridized carbons (Fsp3) is 0.143. The van der Waals surface area contributed by atoms with Crippen molar-refractivity contribution < 1.29 is 9.47 Å². The SMILES string of the molecule is Brc1ccccc1NCc1cccc2c1OCO2. The molecule has 0 atom stereocenters. The lowest BCUT2D eigenvalue weighted by Crippen LogP contribution is -2.01. The van der Waals surface area contributed by atoms with Crippen LogP contribution in [0.2, 0.25) is 0 Å². The Morgan fingerprint density at radius 2 is 1.94 bits per heavy atom. The molecule has 0 aromatic heterocycles. The monoisotopic (exact) mass is 305 g/mol. The third-order valence-corrected chi connectivity index (χ3v) is 3.51. The molecule has 18 heavy (non-hydrogen) atoms. The summed E-state index contributed by atoms with van der Waals surface area (Å²) in [6.45, 7) is 1.01. The number of rotatable bonds is 3. The van der Waals surface area contributed by atoms with Gasteiger partial charge in [0.25, 0.3) is 0 Å². The van der Waals surface area contributed by atoms with Gasteiger partial charge in [-0.1, -0.05) is 24.3 Å². The van der Waals surface area contributed by atoms with Crippen molar-refractivity contribution in [1.82, 2.24) is 0 Å². The van der Waals surface area contributed by atoms with Crippen LogP contribution < -0.4 is 14.8 Å². The minimum Gasteiger partial charge on any atom is -0.454 e. The number of nitrogens with one attached hydrogen (secondary N) is 1. The lowest BCUT2D eigenvalue weighted by molar-refractivity contribution is 0.173. The predicted octanol–water partition coefficient (Wildman–Crippen LogP) is 3.79. The van der Waals surface area contributed by atoms with Gasteiger partial charge in [0.05, 0.1) is 0 Å². The number of halogens is 1. The number of fused-ring (bicyclic) bond motifs is 1. The molecule has 2 aromatic carbocycles. The van der Waals surface area contributed by atoms with Crippen LogP contribution in [0.15, 0.2) is 46.9 Å². The number of hydrogen-bond donors (Lipinski definition) is 1. The first kappa shape index (κ1) is 11.4. The summed E-state index contributed by atoms with van der Waals surface area (Å²) < 4.78 is 11.9. The summed E-state index contributed by atoms with van der Waals surface area (Å²) in [6.07, 6.45) is 0. The van der Waals surface area contributed by atoms with E-state index in [4.69, 9.17) is 9.47 Å². The molecule has 3 rings (SSSR count). The molecular formula is C14H12BrNO2. The Kier molecular flexibility index (Phi) is 3.11. The molecule has 0 amide bonds. The van der Waals surface area contributed by atoms with E-state index >= 15 is 0 Å². The highest BCUT2D eigenvalue weighted by Crippen LogP contribution is 2.35. The molecule has 2 aromatic rings. The first-order chi connectivity index (χ1) is 8.84. The van der Waals surface area contributed by atoms with Gasteiger partial charge in [-0.2, -0.15) is 0 Å². The standard InChI is InChI=1S/C14H12BrNO2/c15-11-5-1-2-6-12(11)16-8-10-4-3-7-13-14(10)18-9-17-13/h1-7,16H,8-9H2. The maximum atomic E-state index is 5.47. The maximum absolute atomic E-state index is 5.47. The Labute approximate surface area is 114 Å². The number of hydrogen-bond acceptors (Lipinski definition) is 3. The van der Waals surface area contributed by atoms with Crippen molar-refractivity contribution in [2.45, 2.75) is 6.54 Å². The molecule has 92 valence electrons. The second-order valence-corrected chi connectivity index (χ2v) is 4.84. The highest BCUT2D eigenvalue weighted by molar-refractivity contribution is 9.10. The smallest absolute Gasteiger partial charge is 0.231 e. The van der Waals surface area contributed by atoms with Gasteiger partial charge in [0, 0.05) is 22.3 Å². The minimum atomic E-state index is 0.307. The van der Waals surface area contributed by atoms with Crippen LogP contribution in [0.3, 0.4) is 0 Å². The molecule has 1 heterocycles. The molecule has 0 spiro atoms. The summed E-state index contributed by atoms with van der Waals surface area (Å²) in [4.78, 5) is 0. The second-order valence-electron chi connectivity index (χ2n) is 3.98. The molecule has 0 saturated heterocycles. The number of para-hydroxylation sites is 2. The zero-order valence-electron chi connectivity index (χ0n) is 9.65. The van der Waals surface area contributed by atoms with E-state index in [9.17, 15) is 0 Å². The normalized spacial score (nSPS) is 12.5. The topological polar surface area (TPSA) is 30.5 Å². The Hall–Kier alpha value is -1.68. The predicted molar refractivity (Wildman–Crippen MR) is 74.0 cm³/mol. The molecule has 1 N–H and O–H groups in total. The second kappa shape index (κ2) is 4.90. The minimum absolute atomic E-state index is 0.307. The van der Waals surface area contributed by atoms with Crippen LogP contribution in [-0.2, 0) is 6.54 Å². The fourth-order valence-corrected chi connectivity index (χ4v) is 2.35. The number of anilines is 1. The Morgan fingerprint density at radius 3 is 2.83 bits per heavy atom. The van der Waals surface area contributed by atoms with Gasteiger partial charge in [0.15, 0.2) is 11.5 Å². The molecular weight excluding hydrogens is 294 g/mol. The van der Waals surface area contributed by atoms with Crippen molar-refractivity contribution in [2.24, 2.45) is 0 Å². The average molecular weight is 306 g/mol. The van der Waals surface area contributed by atoms with Gasteiger partial charge in [0.2, 0.25) is 6.79 Å². The molecule has 3 nitrogen and oxygen atoms in total. The van der Waals surface area contributed by atoms with Crippen LogP contribution in [0.1, 0.15) is 5.56 Å². The summed E-state index contributed by atoms with van der Waals surface area (Å²) >= 11 is 3.51. The number of ether oxygens (including phenoxy) is 2. The zero-order chi connectivity index (χ0) is 12.4. The third kappa shape index (κ3) is 2.16. The number of benzene rings is 2. The van der Waals surface area contributed by atoms with Crippen LogP contribution >= 0.6 is 15.9 Å². The largest absolute Gasteiger partial charge is 0.454 e. The van der Waals surface area contributed by atoms with Crippen LogP contribution in [-0.4, -0.2) is 6.79 Å². The molecule has 1 aliphatic rings. The summed E-state index contributed by atoms with van der Waals surface area (Å²) in [5.41, 5.74) is 2.16. The van der Waals surface area contributed by atoms with E-state index in [1.807, 2.05) is 42.5 Å². The summed E-state index contributed by atoms with van der Waals surface area (Å²) in [5, 5.41) is 3.38. The van der Waals surface area contributed by atoms with E-state index in [-0.39, 0.29) is 0 Å². The van der Waals surface area contributed by atoms with E-state index in [1.54, 1.807) is 0 Å². The van der Waals surface area contributed by atoms with Crippen molar-refractivity contribution >= 4 is 21.6 Å². The van der Waals surface area contributed by atoms with Crippen LogP contribution in [0.5, 0.6) is 11.5 Å². The van der Waals surface area contributed by atoms with Gasteiger partial charge in [-0.25, -0.2) is 0 Å². The van der Waals surface area contributed by atoms with Crippen molar-refractivity contribution in [3.05, 3.63) is 52.5 Å². The lowest BCUT2D eigenvalue weighted by Gasteiger charge is -2.10. The molecule has 0 fully saturated rings. The van der Waals surface area contributed by atoms with Crippen molar-refractivity contribution in [3.63, 3.8) is 0 Å². The van der Waals surface area contributed by atoms with E-state index in [2.05, 4.69) is 21.2 Å². The van der Waals surface area contributed by atoms with E-state index in [0.717, 1.165) is 27.2 Å². The van der Waals surface area contributed by atoms with Gasteiger partial charge < -0.3 is 14.8 Å². The summed E-state index contributed by atoms with van der Waals surface area (Å²) in [5.74, 6) is 1.67. The van der Waals surface area contributed by atoms with E-state index < -0.39 is 0 Å². The van der Waals surface area contributed by atoms with Crippen LogP contribution in [0, 0.1) is 0 Å². The molecule has 0 unspecified atom stereocenters. The van der Waals surface area contributed by atoms with E-state index in [1.165, 1.54) is 0 Å². The Bertz CT molecular complexity index is 571. The zero-order valence-corrected chi connectivity index (χ0v) is 11.2. The molecule has 0 aliphatic carbocycles.